The van der Waals surface area contributed by atoms with Crippen molar-refractivity contribution >= 4 is 17.7 Å². The topological polar surface area (TPSA) is 29.1 Å². The zero-order valence-corrected chi connectivity index (χ0v) is 12.5. The summed E-state index contributed by atoms with van der Waals surface area (Å²) < 4.78 is 0. The average molecular weight is 285 g/mol. The normalized spacial score (nSPS) is 10.2. The molecule has 0 heterocycles. The van der Waals surface area contributed by atoms with Crippen LogP contribution < -0.4 is 5.32 Å². The molecule has 0 aliphatic rings. The van der Waals surface area contributed by atoms with E-state index in [9.17, 15) is 4.79 Å². The van der Waals surface area contributed by atoms with Gasteiger partial charge in [-0.1, -0.05) is 35.9 Å². The third kappa shape index (κ3) is 4.74. The molecule has 0 unspecified atom stereocenters. The first-order chi connectivity index (χ1) is 9.75. The molecule has 1 amide bonds. The third-order valence-electron chi connectivity index (χ3n) is 2.90. The van der Waals surface area contributed by atoms with Gasteiger partial charge in [-0.25, -0.2) is 0 Å². The van der Waals surface area contributed by atoms with Crippen LogP contribution in [-0.4, -0.2) is 18.2 Å². The molecule has 1 N–H and O–H groups in total. The number of amides is 1. The number of aryl methyl sites for hydroxylation is 1. The van der Waals surface area contributed by atoms with E-state index in [1.54, 1.807) is 0 Å². The van der Waals surface area contributed by atoms with Gasteiger partial charge < -0.3 is 5.32 Å². The molecule has 0 saturated carbocycles. The maximum atomic E-state index is 11.9. The van der Waals surface area contributed by atoms with E-state index in [0.717, 1.165) is 23.3 Å². The molecular formula is C17H19NOS. The van der Waals surface area contributed by atoms with Crippen molar-refractivity contribution in [2.75, 3.05) is 12.3 Å². The second-order valence-corrected chi connectivity index (χ2v) is 5.81. The molecule has 20 heavy (non-hydrogen) atoms. The van der Waals surface area contributed by atoms with Crippen LogP contribution in [0.5, 0.6) is 0 Å². The predicted molar refractivity (Wildman–Crippen MR) is 85.3 cm³/mol. The van der Waals surface area contributed by atoms with Crippen molar-refractivity contribution in [1.82, 2.24) is 5.32 Å². The van der Waals surface area contributed by atoms with Crippen LogP contribution in [-0.2, 0) is 0 Å². The lowest BCUT2D eigenvalue weighted by Crippen LogP contribution is -2.24. The van der Waals surface area contributed by atoms with Gasteiger partial charge in [0.2, 0.25) is 0 Å². The average Bonchev–Trinajstić information content (AvgIpc) is 2.48. The van der Waals surface area contributed by atoms with Gasteiger partial charge in [-0.05, 0) is 43.4 Å². The summed E-state index contributed by atoms with van der Waals surface area (Å²) in [5.41, 5.74) is 1.85. The summed E-state index contributed by atoms with van der Waals surface area (Å²) in [5.74, 6) is 1.02. The third-order valence-corrected chi connectivity index (χ3v) is 4.00. The van der Waals surface area contributed by atoms with E-state index >= 15 is 0 Å². The molecule has 2 aromatic carbocycles. The highest BCUT2D eigenvalue weighted by molar-refractivity contribution is 7.99. The van der Waals surface area contributed by atoms with Gasteiger partial charge in [0, 0.05) is 17.0 Å². The Morgan fingerprint density at radius 3 is 2.65 bits per heavy atom. The van der Waals surface area contributed by atoms with Crippen LogP contribution in [0.1, 0.15) is 22.3 Å². The quantitative estimate of drug-likeness (QED) is 0.644. The van der Waals surface area contributed by atoms with E-state index in [1.165, 1.54) is 4.90 Å². The van der Waals surface area contributed by atoms with E-state index in [2.05, 4.69) is 17.4 Å². The molecule has 2 aromatic rings. The standard InChI is InChI=1S/C17H19NOS/c1-14-7-5-8-15(13-14)17(19)18-11-6-12-20-16-9-3-2-4-10-16/h2-5,7-10,13H,6,11-12H2,1H3,(H,18,19). The molecule has 0 aliphatic carbocycles. The van der Waals surface area contributed by atoms with Gasteiger partial charge >= 0.3 is 0 Å². The van der Waals surface area contributed by atoms with Gasteiger partial charge in [0.05, 0.1) is 0 Å². The van der Waals surface area contributed by atoms with Gasteiger partial charge in [0.25, 0.3) is 5.91 Å². The monoisotopic (exact) mass is 285 g/mol. The molecule has 0 radical (unpaired) electrons. The second-order valence-electron chi connectivity index (χ2n) is 4.64. The zero-order valence-electron chi connectivity index (χ0n) is 11.6. The first-order valence-corrected chi connectivity index (χ1v) is 7.77. The second kappa shape index (κ2) is 7.75. The van der Waals surface area contributed by atoms with E-state index < -0.39 is 0 Å². The SMILES string of the molecule is Cc1cccc(C(=O)NCCCSc2ccccc2)c1. The van der Waals surface area contributed by atoms with Crippen LogP contribution in [0.15, 0.2) is 59.5 Å². The number of thioether (sulfide) groups is 1. The molecule has 3 heteroatoms. The molecule has 0 aromatic heterocycles. The summed E-state index contributed by atoms with van der Waals surface area (Å²) in [7, 11) is 0. The Bertz CT molecular complexity index is 554. The molecule has 0 atom stereocenters. The molecule has 0 bridgehead atoms. The first kappa shape index (κ1) is 14.7. The Balaban J connectivity index is 1.67. The Labute approximate surface area is 124 Å². The number of hydrogen-bond donors (Lipinski definition) is 1. The van der Waals surface area contributed by atoms with Crippen LogP contribution in [0.2, 0.25) is 0 Å². The molecule has 0 saturated heterocycles. The van der Waals surface area contributed by atoms with Crippen molar-refractivity contribution in [3.63, 3.8) is 0 Å². The number of nitrogens with one attached hydrogen (secondary N) is 1. The molecular weight excluding hydrogens is 266 g/mol. The van der Waals surface area contributed by atoms with Gasteiger partial charge in [0.15, 0.2) is 0 Å². The summed E-state index contributed by atoms with van der Waals surface area (Å²) in [6.07, 6.45) is 0.969. The minimum absolute atomic E-state index is 0.0124. The van der Waals surface area contributed by atoms with E-state index in [1.807, 2.05) is 61.2 Å². The number of hydrogen-bond acceptors (Lipinski definition) is 2. The van der Waals surface area contributed by atoms with Crippen molar-refractivity contribution in [3.8, 4) is 0 Å². The maximum absolute atomic E-state index is 11.9. The van der Waals surface area contributed by atoms with E-state index in [-0.39, 0.29) is 5.91 Å². The highest BCUT2D eigenvalue weighted by Gasteiger charge is 2.04. The van der Waals surface area contributed by atoms with Crippen molar-refractivity contribution in [1.29, 1.82) is 0 Å². The predicted octanol–water partition coefficient (Wildman–Crippen LogP) is 3.91. The molecule has 0 spiro atoms. The highest BCUT2D eigenvalue weighted by Crippen LogP contribution is 2.17. The lowest BCUT2D eigenvalue weighted by molar-refractivity contribution is 0.0953. The van der Waals surface area contributed by atoms with Crippen molar-refractivity contribution in [3.05, 3.63) is 65.7 Å². The molecule has 0 fully saturated rings. The first-order valence-electron chi connectivity index (χ1n) is 6.78. The summed E-state index contributed by atoms with van der Waals surface area (Å²) in [6.45, 7) is 2.71. The number of carbonyl (C=O) groups is 1. The van der Waals surface area contributed by atoms with Crippen molar-refractivity contribution < 1.29 is 4.79 Å². The molecule has 2 rings (SSSR count). The minimum Gasteiger partial charge on any atom is -0.352 e. The van der Waals surface area contributed by atoms with E-state index in [4.69, 9.17) is 0 Å². The Morgan fingerprint density at radius 2 is 1.90 bits per heavy atom. The zero-order chi connectivity index (χ0) is 14.2. The highest BCUT2D eigenvalue weighted by atomic mass is 32.2. The summed E-state index contributed by atoms with van der Waals surface area (Å²) in [5, 5.41) is 2.96. The van der Waals surface area contributed by atoms with E-state index in [0.29, 0.717) is 6.54 Å². The lowest BCUT2D eigenvalue weighted by Gasteiger charge is -2.06. The van der Waals surface area contributed by atoms with Gasteiger partial charge in [-0.2, -0.15) is 0 Å². The summed E-state index contributed by atoms with van der Waals surface area (Å²) in [4.78, 5) is 13.2. The fourth-order valence-corrected chi connectivity index (χ4v) is 2.74. The molecule has 0 aliphatic heterocycles. The van der Waals surface area contributed by atoms with Crippen LogP contribution in [0.4, 0.5) is 0 Å². The largest absolute Gasteiger partial charge is 0.352 e. The van der Waals surface area contributed by atoms with Gasteiger partial charge in [-0.3, -0.25) is 4.79 Å². The number of benzene rings is 2. The lowest BCUT2D eigenvalue weighted by atomic mass is 10.1. The van der Waals surface area contributed by atoms with Crippen molar-refractivity contribution in [2.45, 2.75) is 18.2 Å². The Hall–Kier alpha value is -1.74. The molecule has 104 valence electrons. The molecule has 2 nitrogen and oxygen atoms in total. The van der Waals surface area contributed by atoms with Gasteiger partial charge in [0.1, 0.15) is 0 Å². The van der Waals surface area contributed by atoms with Crippen molar-refractivity contribution in [2.24, 2.45) is 0 Å². The number of rotatable bonds is 6. The Morgan fingerprint density at radius 1 is 1.10 bits per heavy atom. The van der Waals surface area contributed by atoms with Gasteiger partial charge in [-0.15, -0.1) is 11.8 Å². The Kier molecular flexibility index (Phi) is 5.69. The minimum atomic E-state index is 0.0124. The van der Waals surface area contributed by atoms with Crippen LogP contribution in [0.3, 0.4) is 0 Å². The summed E-state index contributed by atoms with van der Waals surface area (Å²) >= 11 is 1.82. The maximum Gasteiger partial charge on any atom is 0.251 e. The summed E-state index contributed by atoms with van der Waals surface area (Å²) in [6, 6.07) is 18.0. The smallest absolute Gasteiger partial charge is 0.251 e. The van der Waals surface area contributed by atoms with Crippen LogP contribution in [0.25, 0.3) is 0 Å². The fourth-order valence-electron chi connectivity index (χ4n) is 1.87. The van der Waals surface area contributed by atoms with Crippen LogP contribution in [0, 0.1) is 6.92 Å². The van der Waals surface area contributed by atoms with Crippen LogP contribution >= 0.6 is 11.8 Å². The number of carbonyl (C=O) groups excluding carboxylic acids is 1. The fraction of sp³-hybridized carbons (Fsp3) is 0.235.